The zero-order valence-electron chi connectivity index (χ0n) is 9.94. The lowest BCUT2D eigenvalue weighted by atomic mass is 10.4. The van der Waals surface area contributed by atoms with E-state index < -0.39 is 0 Å². The van der Waals surface area contributed by atoms with Crippen molar-refractivity contribution in [2.45, 2.75) is 6.23 Å². The molecule has 1 atom stereocenters. The predicted octanol–water partition coefficient (Wildman–Crippen LogP) is 0.494. The molecule has 1 fully saturated rings. The Morgan fingerprint density at radius 1 is 1.33 bits per heavy atom. The summed E-state index contributed by atoms with van der Waals surface area (Å²) in [5.41, 5.74) is 0. The van der Waals surface area contributed by atoms with Gasteiger partial charge < -0.3 is 10.1 Å². The number of nitrogens with zero attached hydrogens (tertiary/aromatic N) is 4. The molecule has 0 spiro atoms. The molecule has 0 amide bonds. The van der Waals surface area contributed by atoms with E-state index in [2.05, 4.69) is 15.5 Å². The molecule has 2 aromatic rings. The SMILES string of the molecule is c1cnnc(N(C2CNCCO2)n2cccc2)c1. The number of nitrogens with one attached hydrogen (secondary N) is 1. The number of morpholine rings is 1. The summed E-state index contributed by atoms with van der Waals surface area (Å²) in [7, 11) is 0. The van der Waals surface area contributed by atoms with Crippen LogP contribution >= 0.6 is 0 Å². The molecule has 6 nitrogen and oxygen atoms in total. The minimum Gasteiger partial charge on any atom is -0.354 e. The van der Waals surface area contributed by atoms with Gasteiger partial charge in [0, 0.05) is 31.7 Å². The molecule has 1 aliphatic heterocycles. The van der Waals surface area contributed by atoms with Gasteiger partial charge >= 0.3 is 0 Å². The van der Waals surface area contributed by atoms with E-state index in [1.165, 1.54) is 0 Å². The summed E-state index contributed by atoms with van der Waals surface area (Å²) in [6.07, 6.45) is 5.51. The Labute approximate surface area is 105 Å². The Bertz CT molecular complexity index is 466. The van der Waals surface area contributed by atoms with Gasteiger partial charge in [0.25, 0.3) is 0 Å². The van der Waals surface area contributed by atoms with Gasteiger partial charge in [-0.3, -0.25) is 4.68 Å². The van der Waals surface area contributed by atoms with Crippen molar-refractivity contribution in [1.82, 2.24) is 20.2 Å². The second kappa shape index (κ2) is 5.16. The minimum atomic E-state index is -0.0807. The number of hydrogen-bond acceptors (Lipinski definition) is 5. The van der Waals surface area contributed by atoms with Gasteiger partial charge in [-0.1, -0.05) is 0 Å². The highest BCUT2D eigenvalue weighted by atomic mass is 16.5. The molecular weight excluding hydrogens is 230 g/mol. The van der Waals surface area contributed by atoms with Crippen LogP contribution in [0, 0.1) is 0 Å². The van der Waals surface area contributed by atoms with Crippen molar-refractivity contribution in [2.75, 3.05) is 24.7 Å². The van der Waals surface area contributed by atoms with Gasteiger partial charge in [-0.15, -0.1) is 5.10 Å². The van der Waals surface area contributed by atoms with Crippen molar-refractivity contribution in [3.8, 4) is 0 Å². The summed E-state index contributed by atoms with van der Waals surface area (Å²) in [5.74, 6) is 0.766. The molecule has 3 rings (SSSR count). The Balaban J connectivity index is 1.93. The van der Waals surface area contributed by atoms with Crippen molar-refractivity contribution in [3.05, 3.63) is 42.9 Å². The normalized spacial score (nSPS) is 19.7. The van der Waals surface area contributed by atoms with Crippen molar-refractivity contribution in [2.24, 2.45) is 0 Å². The molecule has 18 heavy (non-hydrogen) atoms. The van der Waals surface area contributed by atoms with Crippen LogP contribution < -0.4 is 10.3 Å². The van der Waals surface area contributed by atoms with Crippen molar-refractivity contribution < 1.29 is 4.74 Å². The van der Waals surface area contributed by atoms with Crippen LogP contribution in [-0.4, -0.2) is 40.8 Å². The van der Waals surface area contributed by atoms with Gasteiger partial charge in [-0.05, 0) is 24.3 Å². The molecule has 1 N–H and O–H groups in total. The highest BCUT2D eigenvalue weighted by Gasteiger charge is 2.24. The van der Waals surface area contributed by atoms with E-state index >= 15 is 0 Å². The van der Waals surface area contributed by atoms with Crippen LogP contribution in [0.2, 0.25) is 0 Å². The average Bonchev–Trinajstić information content (AvgIpc) is 2.95. The number of rotatable bonds is 3. The first-order valence-corrected chi connectivity index (χ1v) is 5.98. The monoisotopic (exact) mass is 245 g/mol. The lowest BCUT2D eigenvalue weighted by Gasteiger charge is -2.35. The van der Waals surface area contributed by atoms with E-state index in [0.29, 0.717) is 6.61 Å². The standard InChI is InChI=1S/C12H15N5O/c1-2-8-16(7-1)17(11-4-3-5-14-15-11)12-10-13-6-9-18-12/h1-5,7-8,12-13H,6,9-10H2. The second-order valence-electron chi connectivity index (χ2n) is 4.02. The molecule has 94 valence electrons. The Hall–Kier alpha value is -1.92. The van der Waals surface area contributed by atoms with Gasteiger partial charge in [0.05, 0.1) is 6.61 Å². The van der Waals surface area contributed by atoms with E-state index in [1.54, 1.807) is 6.20 Å². The largest absolute Gasteiger partial charge is 0.354 e. The maximum atomic E-state index is 5.79. The molecule has 3 heterocycles. The summed E-state index contributed by atoms with van der Waals surface area (Å²) in [4.78, 5) is 0. The minimum absolute atomic E-state index is 0.0807. The average molecular weight is 245 g/mol. The van der Waals surface area contributed by atoms with Gasteiger partial charge in [0.2, 0.25) is 0 Å². The first-order chi connectivity index (χ1) is 8.95. The van der Waals surface area contributed by atoms with Crippen molar-refractivity contribution >= 4 is 5.82 Å². The number of aromatic nitrogens is 3. The molecule has 0 saturated carbocycles. The highest BCUT2D eigenvalue weighted by molar-refractivity contribution is 5.37. The summed E-state index contributed by atoms with van der Waals surface area (Å²) < 4.78 is 7.75. The number of anilines is 1. The fourth-order valence-electron chi connectivity index (χ4n) is 2.01. The molecule has 1 unspecified atom stereocenters. The van der Waals surface area contributed by atoms with Crippen molar-refractivity contribution in [1.29, 1.82) is 0 Å². The van der Waals surface area contributed by atoms with Crippen LogP contribution in [0.5, 0.6) is 0 Å². The maximum absolute atomic E-state index is 5.79. The first-order valence-electron chi connectivity index (χ1n) is 5.98. The van der Waals surface area contributed by atoms with Crippen LogP contribution in [-0.2, 0) is 4.74 Å². The Kier molecular flexibility index (Phi) is 3.20. The summed E-state index contributed by atoms with van der Waals surface area (Å²) in [5, 5.41) is 13.4. The molecule has 0 aromatic carbocycles. The zero-order valence-corrected chi connectivity index (χ0v) is 9.94. The van der Waals surface area contributed by atoms with Gasteiger partial charge in [0.15, 0.2) is 12.0 Å². The molecule has 6 heteroatoms. The van der Waals surface area contributed by atoms with Gasteiger partial charge in [-0.25, -0.2) is 5.01 Å². The van der Waals surface area contributed by atoms with Crippen LogP contribution in [0.25, 0.3) is 0 Å². The summed E-state index contributed by atoms with van der Waals surface area (Å²) in [6.45, 7) is 2.34. The van der Waals surface area contributed by atoms with Gasteiger partial charge in [-0.2, -0.15) is 5.10 Å². The van der Waals surface area contributed by atoms with Crippen LogP contribution in [0.15, 0.2) is 42.9 Å². The van der Waals surface area contributed by atoms with E-state index in [-0.39, 0.29) is 6.23 Å². The number of ether oxygens (including phenoxy) is 1. The predicted molar refractivity (Wildman–Crippen MR) is 67.0 cm³/mol. The van der Waals surface area contributed by atoms with Gasteiger partial charge in [0.1, 0.15) is 0 Å². The van der Waals surface area contributed by atoms with E-state index in [9.17, 15) is 0 Å². The fraction of sp³-hybridized carbons (Fsp3) is 0.333. The van der Waals surface area contributed by atoms with E-state index in [4.69, 9.17) is 4.74 Å². The zero-order chi connectivity index (χ0) is 12.2. The third kappa shape index (κ3) is 2.20. The van der Waals surface area contributed by atoms with Crippen LogP contribution in [0.3, 0.4) is 0 Å². The molecular formula is C12H15N5O. The molecule has 0 bridgehead atoms. The number of hydrogen-bond donors (Lipinski definition) is 1. The second-order valence-corrected chi connectivity index (χ2v) is 4.02. The topological polar surface area (TPSA) is 55.2 Å². The van der Waals surface area contributed by atoms with Crippen LogP contribution in [0.1, 0.15) is 0 Å². The molecule has 0 radical (unpaired) electrons. The van der Waals surface area contributed by atoms with Crippen LogP contribution in [0.4, 0.5) is 5.82 Å². The Morgan fingerprint density at radius 2 is 2.22 bits per heavy atom. The third-order valence-electron chi connectivity index (χ3n) is 2.81. The smallest absolute Gasteiger partial charge is 0.172 e. The first kappa shape index (κ1) is 11.2. The van der Waals surface area contributed by atoms with Crippen molar-refractivity contribution in [3.63, 3.8) is 0 Å². The lowest BCUT2D eigenvalue weighted by Crippen LogP contribution is -2.51. The Morgan fingerprint density at radius 3 is 2.89 bits per heavy atom. The maximum Gasteiger partial charge on any atom is 0.172 e. The summed E-state index contributed by atoms with van der Waals surface area (Å²) >= 11 is 0. The lowest BCUT2D eigenvalue weighted by molar-refractivity contribution is 0.0204. The summed E-state index contributed by atoms with van der Waals surface area (Å²) in [6, 6.07) is 7.74. The highest BCUT2D eigenvalue weighted by Crippen LogP contribution is 2.16. The molecule has 1 saturated heterocycles. The fourth-order valence-corrected chi connectivity index (χ4v) is 2.01. The molecule has 1 aliphatic rings. The quantitative estimate of drug-likeness (QED) is 0.853. The molecule has 0 aliphatic carbocycles. The van der Waals surface area contributed by atoms with E-state index in [0.717, 1.165) is 18.9 Å². The molecule has 2 aromatic heterocycles. The van der Waals surface area contributed by atoms with E-state index in [1.807, 2.05) is 46.3 Å². The third-order valence-corrected chi connectivity index (χ3v) is 2.81.